The predicted molar refractivity (Wildman–Crippen MR) is 87.6 cm³/mol. The van der Waals surface area contributed by atoms with E-state index >= 15 is 0 Å². The number of nitrogens with two attached hydrogens (primary N) is 3. The van der Waals surface area contributed by atoms with Gasteiger partial charge in [-0.3, -0.25) is 9.79 Å². The van der Waals surface area contributed by atoms with Crippen LogP contribution in [0.1, 0.15) is 18.4 Å². The molecule has 0 saturated carbocycles. The summed E-state index contributed by atoms with van der Waals surface area (Å²) in [6.07, 6.45) is 0.992. The number of amides is 1. The van der Waals surface area contributed by atoms with Crippen molar-refractivity contribution in [1.29, 1.82) is 0 Å². The predicted octanol–water partition coefficient (Wildman–Crippen LogP) is -0.821. The van der Waals surface area contributed by atoms with Crippen LogP contribution in [-0.2, 0) is 16.0 Å². The van der Waals surface area contributed by atoms with Gasteiger partial charge in [0.25, 0.3) is 0 Å². The lowest BCUT2D eigenvalue weighted by molar-refractivity contribution is -0.142. The van der Waals surface area contributed by atoms with E-state index in [1.807, 2.05) is 30.3 Å². The zero-order valence-electron chi connectivity index (χ0n) is 12.8. The molecule has 8 nitrogen and oxygen atoms in total. The summed E-state index contributed by atoms with van der Waals surface area (Å²) in [6.45, 7) is 0.304. The number of nitrogens with one attached hydrogen (secondary N) is 1. The van der Waals surface area contributed by atoms with Crippen LogP contribution in [0.4, 0.5) is 0 Å². The number of hydrogen-bond donors (Lipinski definition) is 5. The van der Waals surface area contributed by atoms with Gasteiger partial charge in [0.2, 0.25) is 5.91 Å². The van der Waals surface area contributed by atoms with Gasteiger partial charge < -0.3 is 27.6 Å². The molecule has 0 aliphatic rings. The van der Waals surface area contributed by atoms with Crippen molar-refractivity contribution in [3.05, 3.63) is 35.9 Å². The van der Waals surface area contributed by atoms with Crippen molar-refractivity contribution in [3.8, 4) is 0 Å². The fourth-order valence-electron chi connectivity index (χ4n) is 2.00. The third-order valence-electron chi connectivity index (χ3n) is 3.20. The summed E-state index contributed by atoms with van der Waals surface area (Å²) in [4.78, 5) is 27.0. The first-order chi connectivity index (χ1) is 10.9. The van der Waals surface area contributed by atoms with Crippen molar-refractivity contribution in [2.75, 3.05) is 6.54 Å². The molecule has 0 radical (unpaired) electrons. The molecule has 0 aliphatic heterocycles. The van der Waals surface area contributed by atoms with Crippen molar-refractivity contribution in [2.45, 2.75) is 31.3 Å². The number of benzene rings is 1. The number of carbonyl (C=O) groups is 2. The molecule has 0 saturated heterocycles. The fourth-order valence-corrected chi connectivity index (χ4v) is 2.00. The summed E-state index contributed by atoms with van der Waals surface area (Å²) in [5.74, 6) is -1.66. The monoisotopic (exact) mass is 321 g/mol. The highest BCUT2D eigenvalue weighted by Gasteiger charge is 2.22. The highest BCUT2D eigenvalue weighted by Crippen LogP contribution is 2.04. The Hall–Kier alpha value is -2.61. The number of guanidine groups is 1. The van der Waals surface area contributed by atoms with Gasteiger partial charge in [0, 0.05) is 6.54 Å². The third kappa shape index (κ3) is 7.28. The van der Waals surface area contributed by atoms with Gasteiger partial charge in [0.05, 0.1) is 6.04 Å². The molecule has 0 unspecified atom stereocenters. The van der Waals surface area contributed by atoms with Gasteiger partial charge in [0.15, 0.2) is 5.96 Å². The SMILES string of the molecule is NC(N)=NCCC[C@@H](NC(=O)[C@H](N)Cc1ccccc1)C(=O)O. The highest BCUT2D eigenvalue weighted by molar-refractivity contribution is 5.86. The summed E-state index contributed by atoms with van der Waals surface area (Å²) >= 11 is 0. The summed E-state index contributed by atoms with van der Waals surface area (Å²) in [5.41, 5.74) is 17.1. The Kier molecular flexibility index (Phi) is 7.55. The number of carboxylic acid groups (broad SMARTS) is 1. The van der Waals surface area contributed by atoms with Crippen molar-refractivity contribution < 1.29 is 14.7 Å². The number of carboxylic acids is 1. The topological polar surface area (TPSA) is 157 Å². The van der Waals surface area contributed by atoms with Crippen LogP contribution < -0.4 is 22.5 Å². The minimum atomic E-state index is -1.12. The van der Waals surface area contributed by atoms with Crippen molar-refractivity contribution in [3.63, 3.8) is 0 Å². The van der Waals surface area contributed by atoms with Gasteiger partial charge in [-0.15, -0.1) is 0 Å². The lowest BCUT2D eigenvalue weighted by Crippen LogP contribution is -2.49. The molecule has 0 bridgehead atoms. The normalized spacial score (nSPS) is 12.9. The van der Waals surface area contributed by atoms with Gasteiger partial charge >= 0.3 is 5.97 Å². The number of hydrogen-bond acceptors (Lipinski definition) is 4. The van der Waals surface area contributed by atoms with E-state index in [2.05, 4.69) is 10.3 Å². The van der Waals surface area contributed by atoms with Crippen LogP contribution in [0.25, 0.3) is 0 Å². The molecule has 126 valence electrons. The first-order valence-corrected chi connectivity index (χ1v) is 7.28. The first-order valence-electron chi connectivity index (χ1n) is 7.28. The minimum Gasteiger partial charge on any atom is -0.480 e. The average Bonchev–Trinajstić information content (AvgIpc) is 2.50. The van der Waals surface area contributed by atoms with Crippen LogP contribution in [0.15, 0.2) is 35.3 Å². The molecular weight excluding hydrogens is 298 g/mol. The van der Waals surface area contributed by atoms with Gasteiger partial charge in [0.1, 0.15) is 6.04 Å². The second-order valence-electron chi connectivity index (χ2n) is 5.14. The summed E-state index contributed by atoms with van der Waals surface area (Å²) in [7, 11) is 0. The molecule has 0 spiro atoms. The molecule has 23 heavy (non-hydrogen) atoms. The maximum atomic E-state index is 12.0. The Bertz CT molecular complexity index is 543. The second-order valence-corrected chi connectivity index (χ2v) is 5.14. The summed E-state index contributed by atoms with van der Waals surface area (Å²) in [5, 5.41) is 11.6. The fraction of sp³-hybridized carbons (Fsp3) is 0.400. The van der Waals surface area contributed by atoms with Gasteiger partial charge in [-0.25, -0.2) is 4.79 Å². The number of aliphatic imine (C=N–C) groups is 1. The lowest BCUT2D eigenvalue weighted by Gasteiger charge is -2.17. The lowest BCUT2D eigenvalue weighted by atomic mass is 10.1. The Morgan fingerprint density at radius 3 is 2.43 bits per heavy atom. The van der Waals surface area contributed by atoms with Crippen LogP contribution in [0, 0.1) is 0 Å². The molecule has 0 fully saturated rings. The van der Waals surface area contributed by atoms with E-state index in [4.69, 9.17) is 22.3 Å². The maximum Gasteiger partial charge on any atom is 0.326 e. The van der Waals surface area contributed by atoms with Crippen LogP contribution >= 0.6 is 0 Å². The molecule has 0 aliphatic carbocycles. The molecule has 1 aromatic carbocycles. The van der Waals surface area contributed by atoms with E-state index in [9.17, 15) is 9.59 Å². The van der Waals surface area contributed by atoms with Crippen LogP contribution in [-0.4, -0.2) is 41.6 Å². The van der Waals surface area contributed by atoms with Gasteiger partial charge in [-0.2, -0.15) is 0 Å². The van der Waals surface area contributed by atoms with E-state index in [0.717, 1.165) is 5.56 Å². The van der Waals surface area contributed by atoms with Crippen molar-refractivity contribution in [1.82, 2.24) is 5.32 Å². The molecule has 1 rings (SSSR count). The molecule has 1 amide bonds. The Morgan fingerprint density at radius 1 is 1.22 bits per heavy atom. The Balaban J connectivity index is 2.49. The number of nitrogens with zero attached hydrogens (tertiary/aromatic N) is 1. The first kappa shape index (κ1) is 18.4. The van der Waals surface area contributed by atoms with Crippen LogP contribution in [0.2, 0.25) is 0 Å². The van der Waals surface area contributed by atoms with E-state index in [-0.39, 0.29) is 12.4 Å². The molecule has 2 atom stereocenters. The second kappa shape index (κ2) is 9.42. The smallest absolute Gasteiger partial charge is 0.326 e. The maximum absolute atomic E-state index is 12.0. The third-order valence-corrected chi connectivity index (χ3v) is 3.20. The molecule has 0 aromatic heterocycles. The molecular formula is C15H23N5O3. The van der Waals surface area contributed by atoms with E-state index in [0.29, 0.717) is 19.4 Å². The van der Waals surface area contributed by atoms with Crippen LogP contribution in [0.3, 0.4) is 0 Å². The Morgan fingerprint density at radius 2 is 1.87 bits per heavy atom. The molecule has 0 heterocycles. The number of aliphatic carboxylic acids is 1. The Labute approximate surface area is 134 Å². The number of rotatable bonds is 9. The van der Waals surface area contributed by atoms with Crippen molar-refractivity contribution >= 4 is 17.8 Å². The number of carbonyl (C=O) groups excluding carboxylic acids is 1. The van der Waals surface area contributed by atoms with Gasteiger partial charge in [-0.05, 0) is 24.8 Å². The summed E-state index contributed by atoms with van der Waals surface area (Å²) < 4.78 is 0. The van der Waals surface area contributed by atoms with E-state index in [1.54, 1.807) is 0 Å². The largest absolute Gasteiger partial charge is 0.480 e. The zero-order chi connectivity index (χ0) is 17.2. The van der Waals surface area contributed by atoms with E-state index < -0.39 is 24.0 Å². The average molecular weight is 321 g/mol. The minimum absolute atomic E-state index is 0.0502. The molecule has 1 aromatic rings. The zero-order valence-corrected chi connectivity index (χ0v) is 12.8. The van der Waals surface area contributed by atoms with Crippen LogP contribution in [0.5, 0.6) is 0 Å². The van der Waals surface area contributed by atoms with Crippen molar-refractivity contribution in [2.24, 2.45) is 22.2 Å². The quantitative estimate of drug-likeness (QED) is 0.227. The van der Waals surface area contributed by atoms with Gasteiger partial charge in [-0.1, -0.05) is 30.3 Å². The standard InChI is InChI=1S/C15H23N5O3/c16-11(9-10-5-2-1-3-6-10)13(21)20-12(14(22)23)7-4-8-19-15(17)18/h1-3,5-6,11-12H,4,7-9,16H2,(H,20,21)(H,22,23)(H4,17,18,19)/t11-,12-/m1/s1. The highest BCUT2D eigenvalue weighted by atomic mass is 16.4. The molecule has 8 heteroatoms. The molecule has 8 N–H and O–H groups in total. The summed E-state index contributed by atoms with van der Waals surface area (Å²) in [6, 6.07) is 7.46. The van der Waals surface area contributed by atoms with E-state index in [1.165, 1.54) is 0 Å².